The van der Waals surface area contributed by atoms with Crippen LogP contribution in [0.1, 0.15) is 77.6 Å². The van der Waals surface area contributed by atoms with Gasteiger partial charge in [0, 0.05) is 0 Å². The second-order valence-corrected chi connectivity index (χ2v) is 6.88. The van der Waals surface area contributed by atoms with Gasteiger partial charge in [0.25, 0.3) is 0 Å². The standard InChI is InChI=1S/C17H29NO/c1-2-14-8-10-17(13-18,11-9-14)16(19)12-15-6-4-3-5-7-15/h14-16,19H,2-12H2,1H3. The zero-order valence-electron chi connectivity index (χ0n) is 12.4. The van der Waals surface area contributed by atoms with Gasteiger partial charge >= 0.3 is 0 Å². The van der Waals surface area contributed by atoms with Gasteiger partial charge in [-0.3, -0.25) is 0 Å². The quantitative estimate of drug-likeness (QED) is 0.815. The minimum absolute atomic E-state index is 0.390. The highest BCUT2D eigenvalue weighted by Gasteiger charge is 2.42. The van der Waals surface area contributed by atoms with Crippen molar-refractivity contribution in [1.82, 2.24) is 0 Å². The first-order chi connectivity index (χ1) is 9.20. The lowest BCUT2D eigenvalue weighted by Crippen LogP contribution is -2.39. The van der Waals surface area contributed by atoms with Crippen LogP contribution >= 0.6 is 0 Å². The summed E-state index contributed by atoms with van der Waals surface area (Å²) in [5, 5.41) is 20.2. The predicted molar refractivity (Wildman–Crippen MR) is 77.5 cm³/mol. The molecule has 0 aromatic rings. The van der Waals surface area contributed by atoms with Gasteiger partial charge in [-0.1, -0.05) is 45.4 Å². The maximum Gasteiger partial charge on any atom is 0.0832 e. The molecule has 108 valence electrons. The monoisotopic (exact) mass is 263 g/mol. The van der Waals surface area contributed by atoms with E-state index in [1.165, 1.54) is 38.5 Å². The van der Waals surface area contributed by atoms with Crippen molar-refractivity contribution in [2.24, 2.45) is 17.3 Å². The summed E-state index contributed by atoms with van der Waals surface area (Å²) in [5.74, 6) is 1.45. The SMILES string of the molecule is CCC1CCC(C#N)(C(O)CC2CCCCC2)CC1. The van der Waals surface area contributed by atoms with E-state index in [1.54, 1.807) is 0 Å². The number of hydrogen-bond donors (Lipinski definition) is 1. The van der Waals surface area contributed by atoms with Crippen LogP contribution in [0.3, 0.4) is 0 Å². The third kappa shape index (κ3) is 3.51. The zero-order valence-corrected chi connectivity index (χ0v) is 12.4. The maximum atomic E-state index is 10.6. The van der Waals surface area contributed by atoms with Gasteiger partial charge in [0.1, 0.15) is 0 Å². The molecule has 0 radical (unpaired) electrons. The van der Waals surface area contributed by atoms with Crippen LogP contribution in [-0.2, 0) is 0 Å². The molecule has 2 heteroatoms. The van der Waals surface area contributed by atoms with Crippen LogP contribution in [0.5, 0.6) is 0 Å². The summed E-state index contributed by atoms with van der Waals surface area (Å²) in [6.07, 6.45) is 12.3. The Bertz CT molecular complexity index is 306. The van der Waals surface area contributed by atoms with Gasteiger partial charge in [-0.05, 0) is 43.9 Å². The smallest absolute Gasteiger partial charge is 0.0832 e. The predicted octanol–water partition coefficient (Wildman–Crippen LogP) is 4.43. The van der Waals surface area contributed by atoms with Gasteiger partial charge in [0.15, 0.2) is 0 Å². The Labute approximate surface area is 118 Å². The molecule has 0 heterocycles. The summed E-state index contributed by atoms with van der Waals surface area (Å²) < 4.78 is 0. The topological polar surface area (TPSA) is 44.0 Å². The Balaban J connectivity index is 1.91. The molecule has 1 N–H and O–H groups in total. The molecule has 19 heavy (non-hydrogen) atoms. The highest BCUT2D eigenvalue weighted by molar-refractivity contribution is 5.06. The molecule has 0 saturated heterocycles. The van der Waals surface area contributed by atoms with Gasteiger partial charge in [0.05, 0.1) is 17.6 Å². The van der Waals surface area contributed by atoms with Crippen molar-refractivity contribution in [1.29, 1.82) is 5.26 Å². The minimum atomic E-state index is -0.427. The Morgan fingerprint density at radius 1 is 1.11 bits per heavy atom. The lowest BCUT2D eigenvalue weighted by Gasteiger charge is -2.39. The fourth-order valence-electron chi connectivity index (χ4n) is 4.08. The Kier molecular flexibility index (Phi) is 5.28. The number of rotatable bonds is 4. The summed E-state index contributed by atoms with van der Waals surface area (Å²) in [7, 11) is 0. The molecule has 2 aliphatic carbocycles. The van der Waals surface area contributed by atoms with Crippen LogP contribution in [0.25, 0.3) is 0 Å². The summed E-state index contributed by atoms with van der Waals surface area (Å²) in [5.41, 5.74) is -0.427. The lowest BCUT2D eigenvalue weighted by atomic mass is 9.65. The molecule has 1 unspecified atom stereocenters. The normalized spacial score (nSPS) is 34.7. The first kappa shape index (κ1) is 14.9. The van der Waals surface area contributed by atoms with Crippen molar-refractivity contribution in [3.8, 4) is 6.07 Å². The summed E-state index contributed by atoms with van der Waals surface area (Å²) in [6.45, 7) is 2.24. The molecule has 0 aromatic carbocycles. The van der Waals surface area contributed by atoms with Gasteiger partial charge in [0.2, 0.25) is 0 Å². The Hall–Kier alpha value is -0.550. The molecular formula is C17H29NO. The third-order valence-corrected chi connectivity index (χ3v) is 5.72. The van der Waals surface area contributed by atoms with E-state index in [4.69, 9.17) is 0 Å². The van der Waals surface area contributed by atoms with Crippen molar-refractivity contribution < 1.29 is 5.11 Å². The van der Waals surface area contributed by atoms with E-state index in [2.05, 4.69) is 13.0 Å². The van der Waals surface area contributed by atoms with Crippen molar-refractivity contribution in [2.45, 2.75) is 83.7 Å². The molecular weight excluding hydrogens is 234 g/mol. The first-order valence-corrected chi connectivity index (χ1v) is 8.29. The van der Waals surface area contributed by atoms with Crippen molar-refractivity contribution >= 4 is 0 Å². The Morgan fingerprint density at radius 3 is 2.26 bits per heavy atom. The highest BCUT2D eigenvalue weighted by atomic mass is 16.3. The number of aliphatic hydroxyl groups is 1. The van der Waals surface area contributed by atoms with E-state index in [9.17, 15) is 10.4 Å². The average molecular weight is 263 g/mol. The molecule has 0 amide bonds. The molecule has 2 rings (SSSR count). The van der Waals surface area contributed by atoms with Crippen LogP contribution < -0.4 is 0 Å². The van der Waals surface area contributed by atoms with Crippen LogP contribution in [-0.4, -0.2) is 11.2 Å². The van der Waals surface area contributed by atoms with E-state index < -0.39 is 11.5 Å². The molecule has 0 spiro atoms. The fraction of sp³-hybridized carbons (Fsp3) is 0.941. The average Bonchev–Trinajstić information content (AvgIpc) is 2.48. The van der Waals surface area contributed by atoms with Crippen LogP contribution in [0, 0.1) is 28.6 Å². The molecule has 0 aliphatic heterocycles. The highest BCUT2D eigenvalue weighted by Crippen LogP contribution is 2.44. The summed E-state index contributed by atoms with van der Waals surface area (Å²) >= 11 is 0. The van der Waals surface area contributed by atoms with Crippen molar-refractivity contribution in [2.75, 3.05) is 0 Å². The van der Waals surface area contributed by atoms with Crippen molar-refractivity contribution in [3.05, 3.63) is 0 Å². The van der Waals surface area contributed by atoms with Crippen LogP contribution in [0.15, 0.2) is 0 Å². The van der Waals surface area contributed by atoms with Gasteiger partial charge in [-0.15, -0.1) is 0 Å². The summed E-state index contributed by atoms with van der Waals surface area (Å²) in [4.78, 5) is 0. The molecule has 2 nitrogen and oxygen atoms in total. The zero-order chi connectivity index (χ0) is 13.7. The van der Waals surface area contributed by atoms with E-state index in [0.29, 0.717) is 5.92 Å². The minimum Gasteiger partial charge on any atom is -0.391 e. The number of aliphatic hydroxyl groups excluding tert-OH is 1. The number of nitrogens with zero attached hydrogens (tertiary/aromatic N) is 1. The van der Waals surface area contributed by atoms with Gasteiger partial charge in [-0.25, -0.2) is 0 Å². The molecule has 1 atom stereocenters. The maximum absolute atomic E-state index is 10.6. The van der Waals surface area contributed by atoms with E-state index in [1.807, 2.05) is 0 Å². The molecule has 2 aliphatic rings. The third-order valence-electron chi connectivity index (χ3n) is 5.72. The first-order valence-electron chi connectivity index (χ1n) is 8.29. The van der Waals surface area contributed by atoms with Gasteiger partial charge in [-0.2, -0.15) is 5.26 Å². The van der Waals surface area contributed by atoms with Crippen molar-refractivity contribution in [3.63, 3.8) is 0 Å². The largest absolute Gasteiger partial charge is 0.391 e. The number of hydrogen-bond acceptors (Lipinski definition) is 2. The molecule has 0 bridgehead atoms. The molecule has 0 aromatic heterocycles. The van der Waals surface area contributed by atoms with Gasteiger partial charge < -0.3 is 5.11 Å². The van der Waals surface area contributed by atoms with Crippen LogP contribution in [0.4, 0.5) is 0 Å². The second kappa shape index (κ2) is 6.75. The van der Waals surface area contributed by atoms with E-state index in [0.717, 1.165) is 38.0 Å². The lowest BCUT2D eigenvalue weighted by molar-refractivity contribution is 0.00524. The molecule has 2 saturated carbocycles. The second-order valence-electron chi connectivity index (χ2n) is 6.88. The molecule has 2 fully saturated rings. The Morgan fingerprint density at radius 2 is 1.74 bits per heavy atom. The number of nitriles is 1. The van der Waals surface area contributed by atoms with E-state index >= 15 is 0 Å². The fourth-order valence-corrected chi connectivity index (χ4v) is 4.08. The van der Waals surface area contributed by atoms with Crippen LogP contribution in [0.2, 0.25) is 0 Å². The van der Waals surface area contributed by atoms with E-state index in [-0.39, 0.29) is 0 Å². The summed E-state index contributed by atoms with van der Waals surface area (Å²) in [6, 6.07) is 2.50.